The van der Waals surface area contributed by atoms with Gasteiger partial charge in [0.25, 0.3) is 0 Å². The number of rotatable bonds is 6. The molecule has 4 aliphatic carbocycles. The van der Waals surface area contributed by atoms with Crippen molar-refractivity contribution < 1.29 is 0 Å². The van der Waals surface area contributed by atoms with E-state index < -0.39 is 0 Å². The van der Waals surface area contributed by atoms with Crippen molar-refractivity contribution in [3.63, 3.8) is 0 Å². The van der Waals surface area contributed by atoms with E-state index in [9.17, 15) is 0 Å². The van der Waals surface area contributed by atoms with E-state index in [1.54, 1.807) is 5.56 Å². The number of hydrogen-bond donors (Lipinski definition) is 0. The normalized spacial score (nSPS) is 19.5. The third-order valence-corrected chi connectivity index (χ3v) is 15.7. The van der Waals surface area contributed by atoms with Gasteiger partial charge in [0.2, 0.25) is 0 Å². The molecule has 0 N–H and O–H groups in total. The summed E-state index contributed by atoms with van der Waals surface area (Å²) in [6.07, 6.45) is 5.34. The minimum Gasteiger partial charge on any atom is -0.310 e. The van der Waals surface area contributed by atoms with E-state index in [-0.39, 0.29) is 10.8 Å². The molecule has 0 amide bonds. The molecule has 3 unspecified atom stereocenters. The Balaban J connectivity index is 0.951. The van der Waals surface area contributed by atoms with Crippen LogP contribution in [-0.2, 0) is 10.8 Å². The van der Waals surface area contributed by atoms with Gasteiger partial charge in [-0.15, -0.1) is 0 Å². The molecule has 2 saturated carbocycles. The third kappa shape index (κ3) is 5.36. The third-order valence-electron chi connectivity index (χ3n) is 15.7. The van der Waals surface area contributed by atoms with Gasteiger partial charge in [0.1, 0.15) is 0 Å². The highest BCUT2D eigenvalue weighted by molar-refractivity contribution is 6.06. The first-order valence-corrected chi connectivity index (χ1v) is 23.0. The molecule has 4 aliphatic rings. The van der Waals surface area contributed by atoms with Crippen LogP contribution in [0.15, 0.2) is 200 Å². The van der Waals surface area contributed by atoms with Gasteiger partial charge < -0.3 is 4.90 Å². The lowest BCUT2D eigenvalue weighted by Gasteiger charge is -2.37. The van der Waals surface area contributed by atoms with Crippen LogP contribution in [0.3, 0.4) is 0 Å². The zero-order chi connectivity index (χ0) is 41.9. The van der Waals surface area contributed by atoms with E-state index in [1.807, 2.05) is 0 Å². The summed E-state index contributed by atoms with van der Waals surface area (Å²) >= 11 is 0. The molecule has 0 radical (unpaired) electrons. The predicted octanol–water partition coefficient (Wildman–Crippen LogP) is 16.7. The smallest absolute Gasteiger partial charge is 0.0465 e. The number of benzene rings is 9. The summed E-state index contributed by atoms with van der Waals surface area (Å²) < 4.78 is 0. The summed E-state index contributed by atoms with van der Waals surface area (Å²) in [4.78, 5) is 2.51. The van der Waals surface area contributed by atoms with Gasteiger partial charge in [-0.3, -0.25) is 0 Å². The van der Waals surface area contributed by atoms with Crippen LogP contribution in [0, 0.1) is 11.8 Å². The summed E-state index contributed by atoms with van der Waals surface area (Å²) in [5.74, 6) is 1.53. The van der Waals surface area contributed by atoms with Gasteiger partial charge in [-0.2, -0.15) is 0 Å². The minimum atomic E-state index is -0.0848. The van der Waals surface area contributed by atoms with Crippen molar-refractivity contribution in [2.24, 2.45) is 11.8 Å². The molecule has 0 heterocycles. The average molecular weight is 808 g/mol. The van der Waals surface area contributed by atoms with Crippen LogP contribution < -0.4 is 4.90 Å². The Labute approximate surface area is 371 Å². The summed E-state index contributed by atoms with van der Waals surface area (Å²) in [6, 6.07) is 75.5. The topological polar surface area (TPSA) is 3.24 Å². The van der Waals surface area contributed by atoms with E-state index in [0.717, 1.165) is 17.3 Å². The molecule has 63 heavy (non-hydrogen) atoms. The van der Waals surface area contributed by atoms with E-state index in [0.29, 0.717) is 5.92 Å². The quantitative estimate of drug-likeness (QED) is 0.162. The van der Waals surface area contributed by atoms with Crippen LogP contribution >= 0.6 is 0 Å². The summed E-state index contributed by atoms with van der Waals surface area (Å²) in [5, 5.41) is 2.55. The fourth-order valence-electron chi connectivity index (χ4n) is 13.1. The molecular formula is C62H49N. The van der Waals surface area contributed by atoms with Gasteiger partial charge in [-0.1, -0.05) is 184 Å². The summed E-state index contributed by atoms with van der Waals surface area (Å²) in [6.45, 7) is 4.77. The van der Waals surface area contributed by atoms with Gasteiger partial charge in [0, 0.05) is 27.9 Å². The molecule has 9 aromatic rings. The molecule has 0 aliphatic heterocycles. The van der Waals surface area contributed by atoms with Crippen molar-refractivity contribution in [2.45, 2.75) is 50.4 Å². The maximum absolute atomic E-state index is 2.58. The highest BCUT2D eigenvalue weighted by atomic mass is 15.1. The maximum atomic E-state index is 2.58. The van der Waals surface area contributed by atoms with E-state index in [4.69, 9.17) is 0 Å². The Bertz CT molecular complexity index is 3260. The Morgan fingerprint density at radius 2 is 0.937 bits per heavy atom. The van der Waals surface area contributed by atoms with Crippen LogP contribution in [0.4, 0.5) is 17.1 Å². The second kappa shape index (κ2) is 13.8. The van der Waals surface area contributed by atoms with Gasteiger partial charge in [0.15, 0.2) is 0 Å². The molecular weight excluding hydrogens is 759 g/mol. The number of fused-ring (bicyclic) bond motifs is 12. The molecule has 1 spiro atoms. The van der Waals surface area contributed by atoms with E-state index >= 15 is 0 Å². The fourth-order valence-corrected chi connectivity index (χ4v) is 13.1. The number of hydrogen-bond acceptors (Lipinski definition) is 1. The Hall–Kier alpha value is -6.96. The first-order chi connectivity index (χ1) is 31.0. The van der Waals surface area contributed by atoms with Crippen molar-refractivity contribution >= 4 is 27.8 Å². The Morgan fingerprint density at radius 1 is 0.413 bits per heavy atom. The molecule has 2 bridgehead atoms. The van der Waals surface area contributed by atoms with Gasteiger partial charge in [0.05, 0.1) is 0 Å². The van der Waals surface area contributed by atoms with Gasteiger partial charge >= 0.3 is 0 Å². The molecule has 13 rings (SSSR count). The molecule has 0 aromatic heterocycles. The first kappa shape index (κ1) is 36.7. The second-order valence-corrected chi connectivity index (χ2v) is 19.2. The van der Waals surface area contributed by atoms with E-state index in [1.165, 1.54) is 114 Å². The lowest BCUT2D eigenvalue weighted by molar-refractivity contribution is 0.327. The fraction of sp³-hybridized carbons (Fsp3) is 0.161. The largest absolute Gasteiger partial charge is 0.310 e. The SMILES string of the molecule is CC1(C)c2ccccc2-c2cccc(-c3ccc(N(c4ccc(-c5cccc6cccc(-c7ccccc7)c56)cc4)c4ccc5c(c4)C4(CC6CCC4C6)c4ccccc4-5)cc3)c21. The van der Waals surface area contributed by atoms with Gasteiger partial charge in [-0.05, 0) is 156 Å². The Morgan fingerprint density at radius 3 is 1.60 bits per heavy atom. The Kier molecular flexibility index (Phi) is 8.02. The maximum Gasteiger partial charge on any atom is 0.0465 e. The summed E-state index contributed by atoms with van der Waals surface area (Å²) in [7, 11) is 0. The second-order valence-electron chi connectivity index (χ2n) is 19.2. The van der Waals surface area contributed by atoms with Crippen molar-refractivity contribution in [3.8, 4) is 55.6 Å². The van der Waals surface area contributed by atoms with Crippen LogP contribution in [0.25, 0.3) is 66.4 Å². The number of nitrogens with zero attached hydrogens (tertiary/aromatic N) is 1. The standard InChI is InChI=1S/C62H49N/c1-61(2)56-23-8-6-18-53(56)55-22-12-21-51(60(55)61)43-28-33-47(34-29-43)63(48-35-36-54-52-17-7-9-24-57(52)62(58(54)38-48)39-40-25-30-45(62)37-40)46-31-26-42(27-32-46)50-20-11-16-44-15-10-19-49(59(44)50)41-13-4-3-5-14-41/h3-24,26-29,31-36,38,40,45H,25,30,37,39H2,1-2H3. The van der Waals surface area contributed by atoms with Gasteiger partial charge in [-0.25, -0.2) is 0 Å². The van der Waals surface area contributed by atoms with Crippen molar-refractivity contribution in [1.82, 2.24) is 0 Å². The molecule has 9 aromatic carbocycles. The molecule has 1 nitrogen and oxygen atoms in total. The van der Waals surface area contributed by atoms with Crippen LogP contribution in [0.5, 0.6) is 0 Å². The molecule has 3 atom stereocenters. The van der Waals surface area contributed by atoms with E-state index in [2.05, 4.69) is 219 Å². The highest BCUT2D eigenvalue weighted by Crippen LogP contribution is 2.66. The minimum absolute atomic E-state index is 0.0848. The zero-order valence-corrected chi connectivity index (χ0v) is 36.0. The zero-order valence-electron chi connectivity index (χ0n) is 36.0. The van der Waals surface area contributed by atoms with Crippen molar-refractivity contribution in [1.29, 1.82) is 0 Å². The highest BCUT2D eigenvalue weighted by Gasteiger charge is 2.56. The molecule has 1 heteroatoms. The average Bonchev–Trinajstić information content (AvgIpc) is 4.09. The molecule has 2 fully saturated rings. The predicted molar refractivity (Wildman–Crippen MR) is 264 cm³/mol. The van der Waals surface area contributed by atoms with Crippen molar-refractivity contribution in [2.75, 3.05) is 4.90 Å². The first-order valence-electron chi connectivity index (χ1n) is 23.0. The monoisotopic (exact) mass is 807 g/mol. The van der Waals surface area contributed by atoms with Crippen LogP contribution in [0.2, 0.25) is 0 Å². The lowest BCUT2D eigenvalue weighted by atomic mass is 9.67. The lowest BCUT2D eigenvalue weighted by Crippen LogP contribution is -2.32. The van der Waals surface area contributed by atoms with Crippen LogP contribution in [-0.4, -0.2) is 0 Å². The molecule has 302 valence electrons. The van der Waals surface area contributed by atoms with Crippen molar-refractivity contribution in [3.05, 3.63) is 222 Å². The van der Waals surface area contributed by atoms with Crippen LogP contribution in [0.1, 0.15) is 61.8 Å². The number of anilines is 3. The molecule has 0 saturated heterocycles. The summed E-state index contributed by atoms with van der Waals surface area (Å²) in [5.41, 5.74) is 22.6.